The summed E-state index contributed by atoms with van der Waals surface area (Å²) in [4.78, 5) is 11.2. The van der Waals surface area contributed by atoms with Gasteiger partial charge in [0.1, 0.15) is 11.4 Å². The average molecular weight is 316 g/mol. The molecule has 0 saturated carbocycles. The van der Waals surface area contributed by atoms with Gasteiger partial charge in [-0.1, -0.05) is 18.5 Å². The van der Waals surface area contributed by atoms with E-state index in [0.29, 0.717) is 12.2 Å². The molecule has 1 fully saturated rings. The molecule has 1 saturated heterocycles. The first-order chi connectivity index (χ1) is 11.1. The molecule has 6 nitrogen and oxygen atoms in total. The Balaban J connectivity index is 1.76. The van der Waals surface area contributed by atoms with Crippen molar-refractivity contribution in [3.63, 3.8) is 0 Å². The fourth-order valence-electron chi connectivity index (χ4n) is 2.98. The molecule has 1 aliphatic heterocycles. The number of hydrogen-bond donors (Lipinski definition) is 1. The molecular weight excluding hydrogens is 292 g/mol. The number of anilines is 1. The molecule has 0 amide bonds. The van der Waals surface area contributed by atoms with Crippen LogP contribution in [0.3, 0.4) is 0 Å². The van der Waals surface area contributed by atoms with Crippen molar-refractivity contribution in [1.29, 1.82) is 0 Å². The van der Waals surface area contributed by atoms with Crippen LogP contribution < -0.4 is 4.90 Å². The summed E-state index contributed by atoms with van der Waals surface area (Å²) < 4.78 is 5.23. The Morgan fingerprint density at radius 3 is 2.70 bits per heavy atom. The Labute approximate surface area is 136 Å². The molecule has 3 rings (SSSR count). The van der Waals surface area contributed by atoms with E-state index in [0.717, 1.165) is 30.9 Å². The second-order valence-electron chi connectivity index (χ2n) is 6.40. The molecule has 0 unspecified atom stereocenters. The fraction of sp³-hybridized carbons (Fsp3) is 0.588. The van der Waals surface area contributed by atoms with Gasteiger partial charge < -0.3 is 14.5 Å². The first-order valence-electron chi connectivity index (χ1n) is 8.38. The first kappa shape index (κ1) is 15.9. The molecule has 0 aliphatic carbocycles. The third kappa shape index (κ3) is 3.52. The highest BCUT2D eigenvalue weighted by Crippen LogP contribution is 2.27. The van der Waals surface area contributed by atoms with Crippen LogP contribution in [-0.4, -0.2) is 33.3 Å². The van der Waals surface area contributed by atoms with Gasteiger partial charge in [0.05, 0.1) is 0 Å². The predicted octanol–water partition coefficient (Wildman–Crippen LogP) is 3.13. The van der Waals surface area contributed by atoms with E-state index < -0.39 is 5.60 Å². The van der Waals surface area contributed by atoms with E-state index in [1.54, 1.807) is 13.1 Å². The van der Waals surface area contributed by atoms with Crippen molar-refractivity contribution in [2.75, 3.05) is 18.0 Å². The third-order valence-corrected chi connectivity index (χ3v) is 4.31. The van der Waals surface area contributed by atoms with E-state index in [2.05, 4.69) is 20.0 Å². The van der Waals surface area contributed by atoms with Gasteiger partial charge in [-0.2, -0.15) is 4.98 Å². The van der Waals surface area contributed by atoms with E-state index in [-0.39, 0.29) is 5.89 Å². The van der Waals surface area contributed by atoms with Crippen molar-refractivity contribution in [3.8, 4) is 11.4 Å². The molecule has 1 aliphatic rings. The van der Waals surface area contributed by atoms with E-state index in [1.807, 2.05) is 19.1 Å². The van der Waals surface area contributed by atoms with Crippen LogP contribution in [0.5, 0.6) is 0 Å². The molecule has 3 heterocycles. The fourth-order valence-corrected chi connectivity index (χ4v) is 2.98. The lowest BCUT2D eigenvalue weighted by Gasteiger charge is -2.27. The van der Waals surface area contributed by atoms with Crippen LogP contribution in [0.4, 0.5) is 5.82 Å². The summed E-state index contributed by atoms with van der Waals surface area (Å²) in [5.41, 5.74) is -0.283. The summed E-state index contributed by atoms with van der Waals surface area (Å²) in [5, 5.41) is 14.3. The zero-order valence-corrected chi connectivity index (χ0v) is 13.8. The summed E-state index contributed by atoms with van der Waals surface area (Å²) in [5.74, 6) is 1.72. The standard InChI is InChI=1S/C17H24N4O2/c1-3-9-17(2,22)16-19-15(20-23-16)13-7-8-14(18-12-13)21-10-5-4-6-11-21/h7-8,12,22H,3-6,9-11H2,1-2H3/t17-/m0/s1. The Kier molecular flexibility index (Phi) is 4.61. The van der Waals surface area contributed by atoms with Crippen molar-refractivity contribution in [2.45, 2.75) is 51.6 Å². The number of aliphatic hydroxyl groups is 1. The zero-order chi connectivity index (χ0) is 16.3. The molecule has 0 radical (unpaired) electrons. The Morgan fingerprint density at radius 1 is 1.26 bits per heavy atom. The van der Waals surface area contributed by atoms with Gasteiger partial charge in [-0.05, 0) is 44.7 Å². The van der Waals surface area contributed by atoms with Crippen LogP contribution >= 0.6 is 0 Å². The van der Waals surface area contributed by atoms with Crippen molar-refractivity contribution in [3.05, 3.63) is 24.2 Å². The zero-order valence-electron chi connectivity index (χ0n) is 13.8. The minimum absolute atomic E-state index is 0.259. The van der Waals surface area contributed by atoms with E-state index in [1.165, 1.54) is 19.3 Å². The predicted molar refractivity (Wildman–Crippen MR) is 88.1 cm³/mol. The third-order valence-electron chi connectivity index (χ3n) is 4.31. The topological polar surface area (TPSA) is 75.3 Å². The van der Waals surface area contributed by atoms with Crippen LogP contribution in [0.1, 0.15) is 51.8 Å². The van der Waals surface area contributed by atoms with Crippen LogP contribution in [0, 0.1) is 0 Å². The minimum atomic E-state index is -1.08. The smallest absolute Gasteiger partial charge is 0.258 e. The monoisotopic (exact) mass is 316 g/mol. The number of hydrogen-bond acceptors (Lipinski definition) is 6. The van der Waals surface area contributed by atoms with Crippen molar-refractivity contribution < 1.29 is 9.63 Å². The number of piperidine rings is 1. The Hall–Kier alpha value is -1.95. The van der Waals surface area contributed by atoms with Gasteiger partial charge >= 0.3 is 0 Å². The van der Waals surface area contributed by atoms with E-state index in [9.17, 15) is 5.11 Å². The Morgan fingerprint density at radius 2 is 2.04 bits per heavy atom. The molecule has 1 N–H and O–H groups in total. The maximum atomic E-state index is 10.3. The summed E-state index contributed by atoms with van der Waals surface area (Å²) in [6, 6.07) is 3.96. The highest BCUT2D eigenvalue weighted by atomic mass is 16.5. The van der Waals surface area contributed by atoms with Gasteiger partial charge in [0, 0.05) is 24.8 Å². The summed E-state index contributed by atoms with van der Waals surface area (Å²) >= 11 is 0. The highest BCUT2D eigenvalue weighted by molar-refractivity contribution is 5.56. The van der Waals surface area contributed by atoms with Crippen LogP contribution in [0.2, 0.25) is 0 Å². The maximum absolute atomic E-state index is 10.3. The number of nitrogens with zero attached hydrogens (tertiary/aromatic N) is 4. The minimum Gasteiger partial charge on any atom is -0.380 e. The lowest BCUT2D eigenvalue weighted by Crippen LogP contribution is -2.29. The molecule has 1 atom stereocenters. The molecule has 0 aromatic carbocycles. The summed E-state index contributed by atoms with van der Waals surface area (Å²) in [6.07, 6.45) is 6.96. The van der Waals surface area contributed by atoms with Gasteiger partial charge in [0.25, 0.3) is 5.89 Å². The number of aromatic nitrogens is 3. The van der Waals surface area contributed by atoms with Gasteiger partial charge in [-0.15, -0.1) is 0 Å². The lowest BCUT2D eigenvalue weighted by atomic mass is 10.0. The first-order valence-corrected chi connectivity index (χ1v) is 8.38. The van der Waals surface area contributed by atoms with Crippen molar-refractivity contribution in [2.24, 2.45) is 0 Å². The lowest BCUT2D eigenvalue weighted by molar-refractivity contribution is 0.0138. The second-order valence-corrected chi connectivity index (χ2v) is 6.40. The molecule has 23 heavy (non-hydrogen) atoms. The second kappa shape index (κ2) is 6.66. The largest absolute Gasteiger partial charge is 0.380 e. The van der Waals surface area contributed by atoms with Gasteiger partial charge in [0.15, 0.2) is 0 Å². The van der Waals surface area contributed by atoms with Crippen LogP contribution in [-0.2, 0) is 5.60 Å². The summed E-state index contributed by atoms with van der Waals surface area (Å²) in [6.45, 7) is 5.84. The highest BCUT2D eigenvalue weighted by Gasteiger charge is 2.29. The molecular formula is C17H24N4O2. The molecule has 124 valence electrons. The Bertz CT molecular complexity index is 630. The molecule has 2 aromatic rings. The number of pyridine rings is 1. The molecule has 0 spiro atoms. The maximum Gasteiger partial charge on any atom is 0.258 e. The van der Waals surface area contributed by atoms with E-state index >= 15 is 0 Å². The van der Waals surface area contributed by atoms with E-state index in [4.69, 9.17) is 4.52 Å². The average Bonchev–Trinajstić information content (AvgIpc) is 3.07. The SMILES string of the molecule is CCC[C@](C)(O)c1nc(-c2ccc(N3CCCCC3)nc2)no1. The number of rotatable bonds is 5. The van der Waals surface area contributed by atoms with Crippen molar-refractivity contribution in [1.82, 2.24) is 15.1 Å². The van der Waals surface area contributed by atoms with Gasteiger partial charge in [-0.25, -0.2) is 4.98 Å². The molecule has 0 bridgehead atoms. The summed E-state index contributed by atoms with van der Waals surface area (Å²) in [7, 11) is 0. The van der Waals surface area contributed by atoms with Crippen molar-refractivity contribution >= 4 is 5.82 Å². The van der Waals surface area contributed by atoms with Gasteiger partial charge in [0.2, 0.25) is 5.82 Å². The quantitative estimate of drug-likeness (QED) is 0.913. The van der Waals surface area contributed by atoms with Gasteiger partial charge in [-0.3, -0.25) is 0 Å². The van der Waals surface area contributed by atoms with Crippen LogP contribution in [0.25, 0.3) is 11.4 Å². The molecule has 6 heteroatoms. The normalized spacial score (nSPS) is 18.0. The molecule has 2 aromatic heterocycles. The van der Waals surface area contributed by atoms with Crippen LogP contribution in [0.15, 0.2) is 22.9 Å².